The number of pyridine rings is 1. The first-order valence-electron chi connectivity index (χ1n) is 11.5. The highest BCUT2D eigenvalue weighted by atomic mass is 15.3. The zero-order valence-electron chi connectivity index (χ0n) is 19.5. The van der Waals surface area contributed by atoms with Gasteiger partial charge in [0.25, 0.3) is 0 Å². The van der Waals surface area contributed by atoms with E-state index in [1.807, 2.05) is 37.3 Å². The second kappa shape index (κ2) is 8.76. The Bertz CT molecular complexity index is 1430. The first kappa shape index (κ1) is 21.9. The summed E-state index contributed by atoms with van der Waals surface area (Å²) in [4.78, 5) is 7.04. The van der Waals surface area contributed by atoms with E-state index in [0.29, 0.717) is 18.7 Å². The van der Waals surface area contributed by atoms with Crippen LogP contribution < -0.4 is 5.73 Å². The Kier molecular flexibility index (Phi) is 5.64. The normalized spacial score (nSPS) is 16.3. The average molecular weight is 453 g/mol. The van der Waals surface area contributed by atoms with Gasteiger partial charge in [0.15, 0.2) is 5.65 Å². The van der Waals surface area contributed by atoms with E-state index < -0.39 is 0 Å². The Balaban J connectivity index is 1.56. The van der Waals surface area contributed by atoms with Crippen LogP contribution in [0.3, 0.4) is 0 Å². The van der Waals surface area contributed by atoms with Crippen LogP contribution in [-0.2, 0) is 6.54 Å². The quantitative estimate of drug-likeness (QED) is 0.433. The molecule has 0 aliphatic carbocycles. The highest BCUT2D eigenvalue weighted by Crippen LogP contribution is 2.29. The van der Waals surface area contributed by atoms with Gasteiger partial charge in [-0.3, -0.25) is 14.3 Å². The number of likely N-dealkylation sites (N-methyl/N-ethyl adjacent to an activating group) is 1. The predicted molar refractivity (Wildman–Crippen MR) is 134 cm³/mol. The number of fused-ring (bicyclic) bond motifs is 3. The van der Waals surface area contributed by atoms with Crippen LogP contribution in [-0.4, -0.2) is 55.5 Å². The van der Waals surface area contributed by atoms with Gasteiger partial charge in [-0.05, 0) is 43.3 Å². The van der Waals surface area contributed by atoms with E-state index in [0.717, 1.165) is 47.8 Å². The van der Waals surface area contributed by atoms with Crippen molar-refractivity contribution in [3.8, 4) is 6.07 Å². The number of nitrogens with zero attached hydrogens (tertiary/aromatic N) is 7. The highest BCUT2D eigenvalue weighted by Gasteiger charge is 2.41. The number of benzene rings is 1. The number of likely N-dealkylation sites (tertiary alicyclic amines) is 1. The summed E-state index contributed by atoms with van der Waals surface area (Å²) in [6.07, 6.45) is 4.02. The van der Waals surface area contributed by atoms with E-state index in [2.05, 4.69) is 61.3 Å². The van der Waals surface area contributed by atoms with Crippen molar-refractivity contribution in [1.29, 1.82) is 5.26 Å². The zero-order valence-corrected chi connectivity index (χ0v) is 19.5. The van der Waals surface area contributed by atoms with Crippen LogP contribution >= 0.6 is 0 Å². The molecule has 1 fully saturated rings. The summed E-state index contributed by atoms with van der Waals surface area (Å²) in [6.45, 7) is 7.34. The van der Waals surface area contributed by atoms with Crippen LogP contribution in [0.1, 0.15) is 30.4 Å². The molecule has 2 N–H and O–H groups in total. The molecule has 4 aromatic rings. The highest BCUT2D eigenvalue weighted by molar-refractivity contribution is 5.89. The molecule has 0 saturated carbocycles. The van der Waals surface area contributed by atoms with Crippen LogP contribution in [0.5, 0.6) is 0 Å². The fourth-order valence-electron chi connectivity index (χ4n) is 4.77. The van der Waals surface area contributed by atoms with Gasteiger partial charge in [-0.25, -0.2) is 0 Å². The van der Waals surface area contributed by atoms with Gasteiger partial charge >= 0.3 is 0 Å². The van der Waals surface area contributed by atoms with Crippen molar-refractivity contribution in [3.05, 3.63) is 71.7 Å². The molecule has 1 aliphatic rings. The molecule has 1 aliphatic heterocycles. The van der Waals surface area contributed by atoms with Gasteiger partial charge in [-0.1, -0.05) is 37.3 Å². The molecule has 0 spiro atoms. The minimum Gasteiger partial charge on any atom is -0.397 e. The summed E-state index contributed by atoms with van der Waals surface area (Å²) in [5, 5.41) is 17.8. The smallest absolute Gasteiger partial charge is 0.161 e. The number of aryl methyl sites for hydroxylation is 1. The molecular formula is C26H28N8. The van der Waals surface area contributed by atoms with Crippen LogP contribution in [0.2, 0.25) is 0 Å². The minimum absolute atomic E-state index is 0.329. The molecule has 172 valence electrons. The Labute approximate surface area is 198 Å². The molecule has 0 unspecified atom stereocenters. The van der Waals surface area contributed by atoms with Gasteiger partial charge in [-0.15, -0.1) is 10.2 Å². The lowest BCUT2D eigenvalue weighted by atomic mass is 9.87. The van der Waals surface area contributed by atoms with Gasteiger partial charge in [-0.2, -0.15) is 5.26 Å². The first-order chi connectivity index (χ1) is 16.5. The third-order valence-electron chi connectivity index (χ3n) is 6.57. The van der Waals surface area contributed by atoms with E-state index in [4.69, 9.17) is 10.7 Å². The summed E-state index contributed by atoms with van der Waals surface area (Å²) >= 11 is 0. The number of hydrogen-bond acceptors (Lipinski definition) is 6. The molecule has 1 aromatic carbocycles. The number of nitrogens with two attached hydrogens (primary N) is 1. The summed E-state index contributed by atoms with van der Waals surface area (Å²) in [5.41, 5.74) is 11.9. The molecule has 0 atom stereocenters. The number of nitriles is 1. The number of hydrogen-bond donors (Lipinski definition) is 1. The van der Waals surface area contributed by atoms with E-state index in [9.17, 15) is 5.26 Å². The van der Waals surface area contributed by atoms with Crippen LogP contribution in [0.4, 0.5) is 0 Å². The number of aromatic nitrogens is 4. The van der Waals surface area contributed by atoms with Crippen molar-refractivity contribution >= 4 is 28.6 Å². The van der Waals surface area contributed by atoms with Gasteiger partial charge in [0.05, 0.1) is 40.5 Å². The van der Waals surface area contributed by atoms with Gasteiger partial charge in [0.2, 0.25) is 0 Å². The zero-order chi connectivity index (χ0) is 23.7. The van der Waals surface area contributed by atoms with Crippen LogP contribution in [0.15, 0.2) is 59.6 Å². The summed E-state index contributed by atoms with van der Waals surface area (Å²) in [6, 6.07) is 18.8. The van der Waals surface area contributed by atoms with Crippen LogP contribution in [0, 0.1) is 18.3 Å². The Hall–Kier alpha value is -3.96. The molecule has 5 rings (SSSR count). The topological polar surface area (TPSA) is 101 Å². The lowest BCUT2D eigenvalue weighted by Gasteiger charge is -2.46. The van der Waals surface area contributed by atoms with E-state index in [-0.39, 0.29) is 5.54 Å². The first-order valence-corrected chi connectivity index (χ1v) is 11.5. The summed E-state index contributed by atoms with van der Waals surface area (Å²) in [5.74, 6) is 0.831. The number of rotatable bonds is 7. The average Bonchev–Trinajstić information content (AvgIpc) is 3.38. The summed E-state index contributed by atoms with van der Waals surface area (Å²) in [7, 11) is 0. The molecule has 1 saturated heterocycles. The molecule has 8 nitrogen and oxygen atoms in total. The predicted octanol–water partition coefficient (Wildman–Crippen LogP) is 3.40. The fourth-order valence-corrected chi connectivity index (χ4v) is 4.77. The Morgan fingerprint density at radius 1 is 1.18 bits per heavy atom. The third-order valence-corrected chi connectivity index (χ3v) is 6.57. The minimum atomic E-state index is -0.329. The molecule has 0 bridgehead atoms. The van der Waals surface area contributed by atoms with Crippen molar-refractivity contribution in [2.75, 3.05) is 19.6 Å². The second-order valence-electron chi connectivity index (χ2n) is 8.91. The lowest BCUT2D eigenvalue weighted by molar-refractivity contribution is 0.0824. The molecule has 3 aromatic heterocycles. The SMILES string of the molecule is CCN1CC(CC#N)(N=C/C=C(\N)c2cc3c(ccc4nnc(C)n43)n2Cc2ccccc2)C1. The largest absolute Gasteiger partial charge is 0.397 e. The number of aliphatic imine (C=N–C) groups is 1. The third kappa shape index (κ3) is 3.84. The summed E-state index contributed by atoms with van der Waals surface area (Å²) < 4.78 is 4.27. The van der Waals surface area contributed by atoms with Crippen LogP contribution in [0.25, 0.3) is 22.4 Å². The second-order valence-corrected chi connectivity index (χ2v) is 8.91. The van der Waals surface area contributed by atoms with E-state index >= 15 is 0 Å². The van der Waals surface area contributed by atoms with Crippen molar-refractivity contribution in [2.24, 2.45) is 10.7 Å². The molecule has 4 heterocycles. The Morgan fingerprint density at radius 3 is 2.71 bits per heavy atom. The van der Waals surface area contributed by atoms with Crippen molar-refractivity contribution in [3.63, 3.8) is 0 Å². The molecule has 34 heavy (non-hydrogen) atoms. The fraction of sp³-hybridized carbons (Fsp3) is 0.308. The lowest BCUT2D eigenvalue weighted by Crippen LogP contribution is -2.60. The van der Waals surface area contributed by atoms with Gasteiger partial charge < -0.3 is 10.3 Å². The standard InChI is InChI=1S/C26H28N8/c1-3-32-17-26(18-32,12-13-27)29-14-11-21(28)23-15-24-22(9-10-25-31-30-19(2)34(24)25)33(23)16-20-7-5-4-6-8-20/h4-11,14-15H,3,12,16-18,28H2,1-2H3/b21-11-,29-14?. The van der Waals surface area contributed by atoms with Crippen molar-refractivity contribution in [2.45, 2.75) is 32.4 Å². The van der Waals surface area contributed by atoms with Gasteiger partial charge in [0, 0.05) is 25.8 Å². The number of allylic oxidation sites excluding steroid dienone is 1. The maximum Gasteiger partial charge on any atom is 0.161 e. The Morgan fingerprint density at radius 2 is 1.97 bits per heavy atom. The molecule has 8 heteroatoms. The van der Waals surface area contributed by atoms with Crippen molar-refractivity contribution < 1.29 is 0 Å². The van der Waals surface area contributed by atoms with E-state index in [1.54, 1.807) is 6.21 Å². The maximum absolute atomic E-state index is 9.26. The maximum atomic E-state index is 9.26. The molecule has 0 radical (unpaired) electrons. The monoisotopic (exact) mass is 452 g/mol. The molecular weight excluding hydrogens is 424 g/mol. The van der Waals surface area contributed by atoms with Gasteiger partial charge in [0.1, 0.15) is 5.82 Å². The molecule has 0 amide bonds. The van der Waals surface area contributed by atoms with Crippen molar-refractivity contribution in [1.82, 2.24) is 24.1 Å². The van der Waals surface area contributed by atoms with E-state index in [1.165, 1.54) is 5.56 Å².